The fourth-order valence-electron chi connectivity index (χ4n) is 6.74. The third-order valence-corrected chi connectivity index (χ3v) is 8.57. The zero-order valence-corrected chi connectivity index (χ0v) is 19.0. The highest BCUT2D eigenvalue weighted by atomic mass is 16.6. The number of carbonyl (C=O) groups is 1. The van der Waals surface area contributed by atoms with Crippen LogP contribution in [-0.2, 0) is 9.53 Å². The van der Waals surface area contributed by atoms with Crippen molar-refractivity contribution < 1.29 is 14.3 Å². The average molecular weight is 425 g/mol. The number of methoxy groups -OCH3 is 1. The summed E-state index contributed by atoms with van der Waals surface area (Å²) in [6.07, 6.45) is 5.85. The summed E-state index contributed by atoms with van der Waals surface area (Å²) in [4.78, 5) is 17.7. The zero-order chi connectivity index (χ0) is 21.6. The molecule has 2 aliphatic carbocycles. The van der Waals surface area contributed by atoms with Crippen molar-refractivity contribution in [1.29, 1.82) is 0 Å². The molecule has 2 aliphatic heterocycles. The summed E-state index contributed by atoms with van der Waals surface area (Å²) in [5.74, 6) is 1.88. The summed E-state index contributed by atoms with van der Waals surface area (Å²) in [7, 11) is 1.71. The minimum Gasteiger partial charge on any atom is -0.497 e. The van der Waals surface area contributed by atoms with Gasteiger partial charge in [0.1, 0.15) is 11.9 Å². The summed E-state index contributed by atoms with van der Waals surface area (Å²) in [6.45, 7) is 11.6. The first-order valence-corrected chi connectivity index (χ1v) is 12.0. The van der Waals surface area contributed by atoms with Gasteiger partial charge in [-0.2, -0.15) is 0 Å². The Labute approximate surface area is 186 Å². The van der Waals surface area contributed by atoms with E-state index in [1.807, 2.05) is 12.1 Å². The molecule has 5 atom stereocenters. The van der Waals surface area contributed by atoms with Crippen molar-refractivity contribution in [2.75, 3.05) is 44.7 Å². The molecule has 31 heavy (non-hydrogen) atoms. The van der Waals surface area contributed by atoms with Gasteiger partial charge in [-0.25, -0.2) is 0 Å². The molecule has 2 heterocycles. The number of benzene rings is 1. The quantitative estimate of drug-likeness (QED) is 0.537. The van der Waals surface area contributed by atoms with Crippen LogP contribution >= 0.6 is 0 Å². The van der Waals surface area contributed by atoms with Gasteiger partial charge in [0.25, 0.3) is 0 Å². The van der Waals surface area contributed by atoms with E-state index in [-0.39, 0.29) is 23.4 Å². The Hall–Kier alpha value is -2.01. The molecule has 5 rings (SSSR count). The lowest BCUT2D eigenvalue weighted by molar-refractivity contribution is -0.146. The lowest BCUT2D eigenvalue weighted by Crippen LogP contribution is -2.50. The van der Waals surface area contributed by atoms with Gasteiger partial charge < -0.3 is 14.4 Å². The number of piperazine rings is 1. The molecule has 0 N–H and O–H groups in total. The van der Waals surface area contributed by atoms with E-state index in [9.17, 15) is 4.79 Å². The van der Waals surface area contributed by atoms with Crippen molar-refractivity contribution in [1.82, 2.24) is 4.90 Å². The molecule has 1 aromatic rings. The van der Waals surface area contributed by atoms with Gasteiger partial charge in [-0.15, -0.1) is 0 Å². The van der Waals surface area contributed by atoms with Crippen LogP contribution in [0.15, 0.2) is 36.4 Å². The highest BCUT2D eigenvalue weighted by Gasteiger charge is 2.55. The first kappa shape index (κ1) is 20.9. The summed E-state index contributed by atoms with van der Waals surface area (Å²) >= 11 is 0. The van der Waals surface area contributed by atoms with E-state index >= 15 is 0 Å². The second-order valence-corrected chi connectivity index (χ2v) is 10.4. The number of nitrogens with zero attached hydrogens (tertiary/aromatic N) is 2. The van der Waals surface area contributed by atoms with Crippen molar-refractivity contribution in [3.05, 3.63) is 36.4 Å². The second kappa shape index (κ2) is 8.16. The van der Waals surface area contributed by atoms with Crippen molar-refractivity contribution in [3.8, 4) is 5.75 Å². The Balaban J connectivity index is 1.22. The molecule has 0 radical (unpaired) electrons. The Morgan fingerprint density at radius 1 is 1.26 bits per heavy atom. The van der Waals surface area contributed by atoms with Crippen LogP contribution in [-0.4, -0.2) is 56.8 Å². The number of rotatable bonds is 4. The van der Waals surface area contributed by atoms with E-state index in [4.69, 9.17) is 9.47 Å². The SMILES string of the molecule is C=C1CCC[C@]2(C)C[C@H]3OC(=O)[C@@H](CN4CCN(c5cccc(OC)c5)CC4)[C@H]3C[C@@H]12. The van der Waals surface area contributed by atoms with Crippen molar-refractivity contribution >= 4 is 11.7 Å². The van der Waals surface area contributed by atoms with E-state index in [2.05, 4.69) is 35.4 Å². The predicted octanol–water partition coefficient (Wildman–Crippen LogP) is 4.13. The first-order chi connectivity index (χ1) is 15.0. The number of hydrogen-bond donors (Lipinski definition) is 0. The van der Waals surface area contributed by atoms with E-state index in [0.29, 0.717) is 11.8 Å². The van der Waals surface area contributed by atoms with E-state index in [1.165, 1.54) is 24.1 Å². The molecule has 0 bridgehead atoms. The molecule has 0 spiro atoms. The van der Waals surface area contributed by atoms with Crippen LogP contribution < -0.4 is 9.64 Å². The van der Waals surface area contributed by atoms with Crippen LogP contribution in [0.1, 0.15) is 39.0 Å². The molecule has 4 fully saturated rings. The van der Waals surface area contributed by atoms with Gasteiger partial charge in [0.2, 0.25) is 0 Å². The monoisotopic (exact) mass is 424 g/mol. The molecule has 4 aliphatic rings. The van der Waals surface area contributed by atoms with Crippen molar-refractivity contribution in [2.24, 2.45) is 23.2 Å². The Morgan fingerprint density at radius 2 is 2.06 bits per heavy atom. The molecule has 1 aromatic carbocycles. The van der Waals surface area contributed by atoms with Crippen LogP contribution in [0, 0.1) is 23.2 Å². The largest absolute Gasteiger partial charge is 0.497 e. The first-order valence-electron chi connectivity index (χ1n) is 12.0. The average Bonchev–Trinajstić information content (AvgIpc) is 3.06. The van der Waals surface area contributed by atoms with Gasteiger partial charge in [-0.1, -0.05) is 25.1 Å². The predicted molar refractivity (Wildman–Crippen MR) is 122 cm³/mol. The fourth-order valence-corrected chi connectivity index (χ4v) is 6.74. The normalized spacial score (nSPS) is 36.0. The maximum Gasteiger partial charge on any atom is 0.310 e. The fraction of sp³-hybridized carbons (Fsp3) is 0.654. The minimum atomic E-state index is 0.0210. The third-order valence-electron chi connectivity index (χ3n) is 8.57. The van der Waals surface area contributed by atoms with Crippen LogP contribution in [0.4, 0.5) is 5.69 Å². The molecule has 5 heteroatoms. The summed E-state index contributed by atoms with van der Waals surface area (Å²) in [6, 6.07) is 8.28. The van der Waals surface area contributed by atoms with E-state index in [0.717, 1.165) is 57.7 Å². The van der Waals surface area contributed by atoms with E-state index in [1.54, 1.807) is 7.11 Å². The number of allylic oxidation sites excluding steroid dienone is 1. The van der Waals surface area contributed by atoms with Gasteiger partial charge >= 0.3 is 5.97 Å². The maximum atomic E-state index is 12.9. The number of ether oxygens (including phenoxy) is 2. The Kier molecular flexibility index (Phi) is 5.49. The summed E-state index contributed by atoms with van der Waals surface area (Å²) in [5, 5.41) is 0. The molecule has 0 unspecified atom stereocenters. The molecular formula is C26H36N2O3. The lowest BCUT2D eigenvalue weighted by atomic mass is 9.55. The molecule has 0 aromatic heterocycles. The number of hydrogen-bond acceptors (Lipinski definition) is 5. The molecule has 2 saturated heterocycles. The van der Waals surface area contributed by atoms with Crippen molar-refractivity contribution in [3.63, 3.8) is 0 Å². The smallest absolute Gasteiger partial charge is 0.310 e. The number of fused-ring (bicyclic) bond motifs is 2. The highest BCUT2D eigenvalue weighted by Crippen LogP contribution is 2.56. The van der Waals surface area contributed by atoms with Crippen molar-refractivity contribution in [2.45, 2.75) is 45.1 Å². The maximum absolute atomic E-state index is 12.9. The summed E-state index contributed by atoms with van der Waals surface area (Å²) in [5.41, 5.74) is 2.90. The Bertz CT molecular complexity index is 847. The zero-order valence-electron chi connectivity index (χ0n) is 19.0. The standard InChI is InChI=1S/C26H36N2O3/c1-18-6-5-9-26(2)16-24-21(15-23(18)26)22(25(29)31-24)17-27-10-12-28(13-11-27)19-7-4-8-20(14-19)30-3/h4,7-8,14,21-24H,1,5-6,9-13,15-17H2,2-3H3/t21-,22+,23+,24-,26-/m1/s1. The summed E-state index contributed by atoms with van der Waals surface area (Å²) < 4.78 is 11.3. The van der Waals surface area contributed by atoms with Crippen LogP contribution in [0.2, 0.25) is 0 Å². The van der Waals surface area contributed by atoms with Gasteiger partial charge in [-0.05, 0) is 55.6 Å². The molecule has 0 amide bonds. The third kappa shape index (κ3) is 3.86. The van der Waals surface area contributed by atoms with Gasteiger partial charge in [0, 0.05) is 50.4 Å². The minimum absolute atomic E-state index is 0.0210. The van der Waals surface area contributed by atoms with Crippen LogP contribution in [0.5, 0.6) is 5.75 Å². The number of anilines is 1. The lowest BCUT2D eigenvalue weighted by Gasteiger charge is -2.50. The molecule has 168 valence electrons. The number of carbonyl (C=O) groups excluding carboxylic acids is 1. The number of esters is 1. The van der Waals surface area contributed by atoms with E-state index < -0.39 is 0 Å². The Morgan fingerprint density at radius 3 is 2.84 bits per heavy atom. The van der Waals surface area contributed by atoms with Gasteiger partial charge in [0.15, 0.2) is 0 Å². The molecule has 2 saturated carbocycles. The second-order valence-electron chi connectivity index (χ2n) is 10.4. The molecular weight excluding hydrogens is 388 g/mol. The topological polar surface area (TPSA) is 42.0 Å². The van der Waals surface area contributed by atoms with Crippen LogP contribution in [0.25, 0.3) is 0 Å². The molecule has 5 nitrogen and oxygen atoms in total. The highest BCUT2D eigenvalue weighted by molar-refractivity contribution is 5.75. The van der Waals surface area contributed by atoms with Gasteiger partial charge in [-0.3, -0.25) is 9.69 Å². The van der Waals surface area contributed by atoms with Crippen LogP contribution in [0.3, 0.4) is 0 Å². The van der Waals surface area contributed by atoms with Gasteiger partial charge in [0.05, 0.1) is 13.0 Å².